The third kappa shape index (κ3) is 2.52. The van der Waals surface area contributed by atoms with Crippen molar-refractivity contribution in [2.45, 2.75) is 18.9 Å². The van der Waals surface area contributed by atoms with Crippen LogP contribution in [0.4, 0.5) is 14.9 Å². The highest BCUT2D eigenvalue weighted by atomic mass is 127. The van der Waals surface area contributed by atoms with Crippen LogP contribution in [0, 0.1) is 9.39 Å². The van der Waals surface area contributed by atoms with Crippen molar-refractivity contribution in [2.24, 2.45) is 7.05 Å². The van der Waals surface area contributed by atoms with E-state index < -0.39 is 29.1 Å². The molecule has 138 valence electrons. The number of aromatic hydroxyl groups is 1. The number of carbonyl (C=O) groups excluding carboxylic acids is 2. The quantitative estimate of drug-likeness (QED) is 0.508. The van der Waals surface area contributed by atoms with Crippen LogP contribution in [0.5, 0.6) is 5.75 Å². The molecule has 1 fully saturated rings. The van der Waals surface area contributed by atoms with Crippen LogP contribution in [0.3, 0.4) is 0 Å². The Bertz CT molecular complexity index is 1220. The van der Waals surface area contributed by atoms with Crippen molar-refractivity contribution in [3.05, 3.63) is 54.2 Å². The van der Waals surface area contributed by atoms with Crippen LogP contribution >= 0.6 is 22.6 Å². The molecular formula is C18H14FIN3O4+. The van der Waals surface area contributed by atoms with E-state index in [4.69, 9.17) is 0 Å². The predicted molar refractivity (Wildman–Crippen MR) is 103 cm³/mol. The summed E-state index contributed by atoms with van der Waals surface area (Å²) < 4.78 is 17.3. The number of rotatable bonds is 2. The Morgan fingerprint density at radius 3 is 2.56 bits per heavy atom. The Morgan fingerprint density at radius 2 is 1.96 bits per heavy atom. The summed E-state index contributed by atoms with van der Waals surface area (Å²) in [6.45, 7) is 3.52. The van der Waals surface area contributed by atoms with Gasteiger partial charge in [0.05, 0.1) is 18.3 Å². The molecule has 1 aromatic carbocycles. The first kappa shape index (κ1) is 17.8. The lowest BCUT2D eigenvalue weighted by Gasteiger charge is -2.23. The molecule has 0 bridgehead atoms. The molecule has 1 N–H and O–H groups in total. The highest BCUT2D eigenvalue weighted by Crippen LogP contribution is 2.32. The monoisotopic (exact) mass is 482 g/mol. The van der Waals surface area contributed by atoms with Crippen molar-refractivity contribution in [1.82, 2.24) is 14.0 Å². The largest absolute Gasteiger partial charge is 0.506 e. The average Bonchev–Trinajstić information content (AvgIpc) is 3.43. The van der Waals surface area contributed by atoms with Gasteiger partial charge < -0.3 is 5.11 Å². The summed E-state index contributed by atoms with van der Waals surface area (Å²) >= 11 is 1.94. The van der Waals surface area contributed by atoms with Crippen molar-refractivity contribution >= 4 is 46.8 Å². The Morgan fingerprint density at radius 1 is 1.30 bits per heavy atom. The predicted octanol–water partition coefficient (Wildman–Crippen LogP) is 0.806. The molecule has 2 aliphatic rings. The number of fused-ring (bicyclic) bond motifs is 1. The van der Waals surface area contributed by atoms with Crippen molar-refractivity contribution in [1.29, 1.82) is 0 Å². The minimum absolute atomic E-state index is 0.106. The van der Waals surface area contributed by atoms with Gasteiger partial charge in [-0.1, -0.05) is 6.58 Å². The number of amides is 3. The number of aromatic nitrogens is 1. The molecular weight excluding hydrogens is 468 g/mol. The molecule has 1 aromatic heterocycles. The molecule has 2 heterocycles. The molecule has 3 amide bonds. The molecule has 0 spiro atoms. The molecule has 1 saturated carbocycles. The third-order valence-corrected chi connectivity index (χ3v) is 5.40. The highest BCUT2D eigenvalue weighted by Gasteiger charge is 2.50. The molecule has 1 aliphatic carbocycles. The number of hydrogen-bond donors (Lipinski definition) is 1. The maximum Gasteiger partial charge on any atom is 0.451 e. The van der Waals surface area contributed by atoms with Gasteiger partial charge in [0.1, 0.15) is 11.4 Å². The van der Waals surface area contributed by atoms with Crippen LogP contribution in [0.15, 0.2) is 23.0 Å². The number of pyridine rings is 1. The topological polar surface area (TPSA) is 82.6 Å². The van der Waals surface area contributed by atoms with Gasteiger partial charge in [0.15, 0.2) is 11.4 Å². The SMILES string of the molecule is C=c1c(O)c2c(n(C)c1=O)=[N+](c1ccc(I)cc1F)C(=O)N(C1CC1)C2=O. The van der Waals surface area contributed by atoms with Crippen LogP contribution < -0.4 is 20.8 Å². The average molecular weight is 482 g/mol. The number of benzene rings is 1. The molecule has 0 unspecified atom stereocenters. The van der Waals surface area contributed by atoms with E-state index in [2.05, 4.69) is 6.58 Å². The molecule has 0 atom stereocenters. The Balaban J connectivity index is 2.22. The highest BCUT2D eigenvalue weighted by molar-refractivity contribution is 14.1. The van der Waals surface area contributed by atoms with Crippen LogP contribution in [0.1, 0.15) is 23.2 Å². The summed E-state index contributed by atoms with van der Waals surface area (Å²) in [5.74, 6) is -1.98. The van der Waals surface area contributed by atoms with Gasteiger partial charge in [0, 0.05) is 3.57 Å². The van der Waals surface area contributed by atoms with Crippen molar-refractivity contribution in [3.63, 3.8) is 0 Å². The van der Waals surface area contributed by atoms with Gasteiger partial charge in [0.25, 0.3) is 5.49 Å². The molecule has 1 aliphatic heterocycles. The summed E-state index contributed by atoms with van der Waals surface area (Å²) in [7, 11) is 1.35. The zero-order valence-corrected chi connectivity index (χ0v) is 16.4. The van der Waals surface area contributed by atoms with Crippen LogP contribution in [-0.2, 0) is 7.05 Å². The maximum absolute atomic E-state index is 14.7. The molecule has 27 heavy (non-hydrogen) atoms. The fourth-order valence-corrected chi connectivity index (χ4v) is 3.68. The van der Waals surface area contributed by atoms with Gasteiger partial charge in [-0.2, -0.15) is 9.48 Å². The molecule has 0 radical (unpaired) electrons. The summed E-state index contributed by atoms with van der Waals surface area (Å²) in [4.78, 5) is 39.5. The summed E-state index contributed by atoms with van der Waals surface area (Å²) in [6, 6.07) is 3.20. The molecule has 2 aromatic rings. The fourth-order valence-electron chi connectivity index (χ4n) is 3.22. The van der Waals surface area contributed by atoms with Crippen molar-refractivity contribution in [2.75, 3.05) is 0 Å². The van der Waals surface area contributed by atoms with E-state index in [9.17, 15) is 23.9 Å². The van der Waals surface area contributed by atoms with Gasteiger partial charge in [0.2, 0.25) is 0 Å². The molecule has 7 nitrogen and oxygen atoms in total. The van der Waals surface area contributed by atoms with E-state index in [0.29, 0.717) is 16.4 Å². The van der Waals surface area contributed by atoms with E-state index in [1.165, 1.54) is 19.2 Å². The lowest BCUT2D eigenvalue weighted by molar-refractivity contribution is 0.0767. The fraction of sp³-hybridized carbons (Fsp3) is 0.222. The number of carbonyl (C=O) groups is 2. The Kier molecular flexibility index (Phi) is 3.95. The Labute approximate surface area is 165 Å². The summed E-state index contributed by atoms with van der Waals surface area (Å²) in [6.07, 6.45) is 1.28. The second-order valence-corrected chi connectivity index (χ2v) is 7.76. The van der Waals surface area contributed by atoms with E-state index in [1.807, 2.05) is 22.6 Å². The molecule has 4 rings (SSSR count). The van der Waals surface area contributed by atoms with Gasteiger partial charge >= 0.3 is 17.5 Å². The lowest BCUT2D eigenvalue weighted by atomic mass is 10.1. The van der Waals surface area contributed by atoms with Gasteiger partial charge in [-0.25, -0.2) is 18.5 Å². The van der Waals surface area contributed by atoms with Crippen LogP contribution in [-0.4, -0.2) is 32.6 Å². The zero-order chi connectivity index (χ0) is 19.6. The number of nitrogens with zero attached hydrogens (tertiary/aromatic N) is 3. The Hall–Kier alpha value is -2.56. The third-order valence-electron chi connectivity index (χ3n) is 4.73. The minimum Gasteiger partial charge on any atom is -0.506 e. The number of hydrogen-bond acceptors (Lipinski definition) is 4. The normalized spacial score (nSPS) is 16.7. The van der Waals surface area contributed by atoms with Crippen molar-refractivity contribution in [3.8, 4) is 5.75 Å². The molecule has 9 heteroatoms. The smallest absolute Gasteiger partial charge is 0.451 e. The maximum atomic E-state index is 14.7. The number of halogens is 2. The summed E-state index contributed by atoms with van der Waals surface area (Å²) in [5.41, 5.74) is -1.18. The number of urea groups is 1. The zero-order valence-electron chi connectivity index (χ0n) is 14.2. The summed E-state index contributed by atoms with van der Waals surface area (Å²) in [5, 5.41) is 10.2. The molecule has 0 saturated heterocycles. The van der Waals surface area contributed by atoms with Crippen LogP contribution in [0.25, 0.3) is 6.58 Å². The van der Waals surface area contributed by atoms with Crippen molar-refractivity contribution < 1.29 is 19.1 Å². The van der Waals surface area contributed by atoms with Gasteiger partial charge in [-0.3, -0.25) is 4.79 Å². The minimum atomic E-state index is -0.749. The lowest BCUT2D eigenvalue weighted by Crippen LogP contribution is -2.59. The van der Waals surface area contributed by atoms with Crippen LogP contribution in [0.2, 0.25) is 0 Å². The van der Waals surface area contributed by atoms with Gasteiger partial charge in [-0.05, 0) is 53.6 Å². The second-order valence-electron chi connectivity index (χ2n) is 6.51. The number of imide groups is 1. The first-order valence-electron chi connectivity index (χ1n) is 8.14. The van der Waals surface area contributed by atoms with E-state index >= 15 is 0 Å². The second kappa shape index (κ2) is 5.98. The first-order valence-corrected chi connectivity index (χ1v) is 9.22. The van der Waals surface area contributed by atoms with E-state index in [-0.39, 0.29) is 28.0 Å². The first-order chi connectivity index (χ1) is 12.7. The van der Waals surface area contributed by atoms with E-state index in [0.717, 1.165) is 14.0 Å². The van der Waals surface area contributed by atoms with Gasteiger partial charge in [-0.15, -0.1) is 0 Å². The standard InChI is InChI=1S/C18H13FIN3O4/c1-8-14(24)13-15(21(2)16(8)25)23(12-6-3-9(20)7-11(12)19)18(27)22(17(13)26)10-4-5-10/h3,6-7,10H,1,4-5H2,2H3/p+1. The van der Waals surface area contributed by atoms with E-state index in [1.54, 1.807) is 6.07 Å².